The molecular formula is C32H43N3O5S. The van der Waals surface area contributed by atoms with Crippen molar-refractivity contribution in [1.29, 1.82) is 0 Å². The van der Waals surface area contributed by atoms with Gasteiger partial charge in [0.05, 0.1) is 23.2 Å². The van der Waals surface area contributed by atoms with Crippen LogP contribution in [-0.4, -0.2) is 82.7 Å². The van der Waals surface area contributed by atoms with Crippen molar-refractivity contribution in [1.82, 2.24) is 4.90 Å². The third kappa shape index (κ3) is 5.20. The minimum Gasteiger partial charge on any atom is -0.465 e. The Bertz CT molecular complexity index is 1200. The number of benzene rings is 1. The van der Waals surface area contributed by atoms with Gasteiger partial charge in [-0.3, -0.25) is 14.4 Å². The number of thioether (sulfide) groups is 1. The molecule has 1 aromatic carbocycles. The Kier molecular flexibility index (Phi) is 8.85. The molecule has 2 amide bonds. The quantitative estimate of drug-likeness (QED) is 0.252. The van der Waals surface area contributed by atoms with E-state index in [0.717, 1.165) is 50.1 Å². The smallest absolute Gasteiger partial charge is 0.311 e. The Morgan fingerprint density at radius 2 is 1.71 bits per heavy atom. The van der Waals surface area contributed by atoms with Crippen LogP contribution in [0.5, 0.6) is 0 Å². The lowest BCUT2D eigenvalue weighted by atomic mass is 9.74. The summed E-state index contributed by atoms with van der Waals surface area (Å²) in [7, 11) is 0. The highest BCUT2D eigenvalue weighted by atomic mass is 32.2. The summed E-state index contributed by atoms with van der Waals surface area (Å²) in [5.74, 6) is -1.95. The fourth-order valence-corrected chi connectivity index (χ4v) is 9.29. The van der Waals surface area contributed by atoms with Crippen molar-refractivity contribution in [3.63, 3.8) is 0 Å². The zero-order valence-electron chi connectivity index (χ0n) is 24.5. The van der Waals surface area contributed by atoms with Crippen LogP contribution < -0.4 is 9.80 Å². The molecule has 5 atom stereocenters. The first kappa shape index (κ1) is 29.7. The molecule has 2 fully saturated rings. The average molecular weight is 582 g/mol. The maximum Gasteiger partial charge on any atom is 0.311 e. The number of ether oxygens (including phenoxy) is 1. The number of amides is 2. The van der Waals surface area contributed by atoms with Crippen molar-refractivity contribution in [2.24, 2.45) is 11.8 Å². The number of esters is 1. The zero-order chi connectivity index (χ0) is 29.2. The van der Waals surface area contributed by atoms with E-state index in [-0.39, 0.29) is 24.4 Å². The predicted molar refractivity (Wildman–Crippen MR) is 163 cm³/mol. The van der Waals surface area contributed by atoms with E-state index < -0.39 is 27.4 Å². The van der Waals surface area contributed by atoms with Gasteiger partial charge in [0.2, 0.25) is 5.91 Å². The summed E-state index contributed by atoms with van der Waals surface area (Å²) in [6.45, 7) is 9.34. The number of likely N-dealkylation sites (tertiary alicyclic amines) is 1. The van der Waals surface area contributed by atoms with Crippen molar-refractivity contribution in [3.8, 4) is 0 Å². The van der Waals surface area contributed by atoms with Crippen LogP contribution in [0.3, 0.4) is 0 Å². The molecule has 1 N–H and O–H groups in total. The van der Waals surface area contributed by atoms with Crippen molar-refractivity contribution in [3.05, 3.63) is 48.6 Å². The van der Waals surface area contributed by atoms with E-state index in [1.807, 2.05) is 31.2 Å². The third-order valence-electron chi connectivity index (χ3n) is 9.12. The Hall–Kier alpha value is -2.78. The standard InChI is InChI=1S/C32H43N3O5S/c1-4-33(5-2)23-13-15-24(16-14-23)34-20-12-18-32-25(26-30(39)40-22-11-8-17-31(26,3)41-32)28(37)35(27(32)29(34)38)19-9-6-7-10-21-36/h8,12-18,25-27,36H,4-7,9-11,19-22H2,1-3H3/t25-,26-,27?,31+,32-/m0/s1. The minimum atomic E-state index is -0.873. The number of rotatable bonds is 10. The van der Waals surface area contributed by atoms with E-state index in [2.05, 4.69) is 43.0 Å². The summed E-state index contributed by atoms with van der Waals surface area (Å²) < 4.78 is 4.10. The van der Waals surface area contributed by atoms with Crippen LogP contribution in [0.25, 0.3) is 0 Å². The summed E-state index contributed by atoms with van der Waals surface area (Å²) in [6, 6.07) is 7.35. The molecule has 41 heavy (non-hydrogen) atoms. The summed E-state index contributed by atoms with van der Waals surface area (Å²) in [5, 5.41) is 9.19. The van der Waals surface area contributed by atoms with Crippen LogP contribution in [0.1, 0.15) is 52.9 Å². The van der Waals surface area contributed by atoms with Gasteiger partial charge in [-0.15, -0.1) is 11.8 Å². The van der Waals surface area contributed by atoms with Gasteiger partial charge in [0.25, 0.3) is 5.91 Å². The van der Waals surface area contributed by atoms with Crippen LogP contribution in [0.15, 0.2) is 48.6 Å². The number of nitrogens with zero attached hydrogens (tertiary/aromatic N) is 3. The second kappa shape index (κ2) is 12.2. The lowest BCUT2D eigenvalue weighted by molar-refractivity contribution is -0.154. The zero-order valence-corrected chi connectivity index (χ0v) is 25.3. The minimum absolute atomic E-state index is 0.112. The normalized spacial score (nSPS) is 30.8. The van der Waals surface area contributed by atoms with Gasteiger partial charge in [-0.2, -0.15) is 0 Å². The lowest BCUT2D eigenvalue weighted by Gasteiger charge is -2.37. The molecule has 222 valence electrons. The third-order valence-corrected chi connectivity index (χ3v) is 10.9. The van der Waals surface area contributed by atoms with E-state index >= 15 is 0 Å². The van der Waals surface area contributed by atoms with Crippen LogP contribution in [0.4, 0.5) is 11.4 Å². The van der Waals surface area contributed by atoms with E-state index in [4.69, 9.17) is 4.74 Å². The molecule has 4 aliphatic rings. The number of hydrogen-bond acceptors (Lipinski definition) is 7. The number of cyclic esters (lactones) is 1. The number of aliphatic hydroxyl groups excluding tert-OH is 1. The fraction of sp³-hybridized carbons (Fsp3) is 0.594. The van der Waals surface area contributed by atoms with E-state index in [1.165, 1.54) is 0 Å². The lowest BCUT2D eigenvalue weighted by Crippen LogP contribution is -2.53. The largest absolute Gasteiger partial charge is 0.465 e. The molecule has 0 radical (unpaired) electrons. The molecule has 9 heteroatoms. The van der Waals surface area contributed by atoms with Crippen LogP contribution in [0, 0.1) is 11.8 Å². The predicted octanol–water partition coefficient (Wildman–Crippen LogP) is 4.18. The number of hydrogen-bond donors (Lipinski definition) is 1. The monoisotopic (exact) mass is 581 g/mol. The highest BCUT2D eigenvalue weighted by Gasteiger charge is 2.73. The summed E-state index contributed by atoms with van der Waals surface area (Å²) >= 11 is 1.58. The van der Waals surface area contributed by atoms with Crippen molar-refractivity contribution < 1.29 is 24.2 Å². The SMILES string of the molecule is CCN(CC)c1ccc(N2CC=C[C@]34S[C@]5(C)C=CCCOC(=O)[C@@H]5[C@H]3C(=O)N(CCCCCCO)C4C2=O)cc1. The Balaban J connectivity index is 1.53. The fourth-order valence-electron chi connectivity index (χ4n) is 7.14. The van der Waals surface area contributed by atoms with Crippen LogP contribution >= 0.6 is 11.8 Å². The van der Waals surface area contributed by atoms with Gasteiger partial charge in [0.15, 0.2) is 0 Å². The first-order valence-corrected chi connectivity index (χ1v) is 15.9. The van der Waals surface area contributed by atoms with E-state index in [9.17, 15) is 19.5 Å². The molecule has 1 unspecified atom stereocenters. The molecular weight excluding hydrogens is 538 g/mol. The number of carbonyl (C=O) groups is 3. The van der Waals surface area contributed by atoms with Crippen molar-refractivity contribution >= 4 is 40.9 Å². The molecule has 4 aliphatic heterocycles. The Morgan fingerprint density at radius 1 is 0.976 bits per heavy atom. The molecule has 4 heterocycles. The molecule has 1 aromatic rings. The molecule has 5 rings (SSSR count). The molecule has 0 aliphatic carbocycles. The highest BCUT2D eigenvalue weighted by Crippen LogP contribution is 2.65. The van der Waals surface area contributed by atoms with Crippen LogP contribution in [-0.2, 0) is 19.1 Å². The van der Waals surface area contributed by atoms with Gasteiger partial charge in [0.1, 0.15) is 6.04 Å². The van der Waals surface area contributed by atoms with Gasteiger partial charge in [-0.1, -0.05) is 37.1 Å². The summed E-state index contributed by atoms with van der Waals surface area (Å²) in [6.07, 6.45) is 12.0. The molecule has 1 spiro atoms. The topological polar surface area (TPSA) is 90.4 Å². The number of fused-ring (bicyclic) bond motifs is 2. The number of aliphatic hydroxyl groups is 1. The van der Waals surface area contributed by atoms with Crippen LogP contribution in [0.2, 0.25) is 0 Å². The van der Waals surface area contributed by atoms with Gasteiger partial charge >= 0.3 is 5.97 Å². The molecule has 0 saturated carbocycles. The molecule has 0 bridgehead atoms. The molecule has 8 nitrogen and oxygen atoms in total. The van der Waals surface area contributed by atoms with Gasteiger partial charge in [-0.25, -0.2) is 0 Å². The van der Waals surface area contributed by atoms with Gasteiger partial charge in [0, 0.05) is 48.9 Å². The summed E-state index contributed by atoms with van der Waals surface area (Å²) in [5.41, 5.74) is 1.90. The first-order chi connectivity index (χ1) is 19.8. The second-order valence-electron chi connectivity index (χ2n) is 11.6. The number of anilines is 2. The highest BCUT2D eigenvalue weighted by molar-refractivity contribution is 8.02. The van der Waals surface area contributed by atoms with E-state index in [1.54, 1.807) is 21.6 Å². The average Bonchev–Trinajstić information content (AvgIpc) is 3.27. The number of carbonyl (C=O) groups excluding carboxylic acids is 3. The second-order valence-corrected chi connectivity index (χ2v) is 13.4. The maximum absolute atomic E-state index is 14.6. The Morgan fingerprint density at radius 3 is 2.41 bits per heavy atom. The number of unbranched alkanes of at least 4 members (excludes halogenated alkanes) is 3. The molecule has 2 saturated heterocycles. The molecule has 0 aromatic heterocycles. The first-order valence-electron chi connectivity index (χ1n) is 15.1. The van der Waals surface area contributed by atoms with Gasteiger partial charge in [-0.05, 0) is 64.3 Å². The van der Waals surface area contributed by atoms with Crippen molar-refractivity contribution in [2.75, 3.05) is 49.2 Å². The van der Waals surface area contributed by atoms with Gasteiger partial charge < -0.3 is 24.5 Å². The van der Waals surface area contributed by atoms with Crippen molar-refractivity contribution in [2.45, 2.75) is 68.4 Å². The Labute approximate surface area is 247 Å². The maximum atomic E-state index is 14.6. The summed E-state index contributed by atoms with van der Waals surface area (Å²) in [4.78, 5) is 48.2. The van der Waals surface area contributed by atoms with E-state index in [0.29, 0.717) is 26.1 Å².